The number of nitrogens with one attached hydrogen (secondary N) is 2. The van der Waals surface area contributed by atoms with Crippen LogP contribution in [0.5, 0.6) is 0 Å². The van der Waals surface area contributed by atoms with Gasteiger partial charge in [-0.25, -0.2) is 0 Å². The van der Waals surface area contributed by atoms with Crippen LogP contribution in [0.15, 0.2) is 0 Å². The molecule has 2 amide bonds. The Morgan fingerprint density at radius 2 is 0.903 bits per heavy atom. The van der Waals surface area contributed by atoms with Crippen LogP contribution in [0.4, 0.5) is 0 Å². The van der Waals surface area contributed by atoms with Gasteiger partial charge in [0.2, 0.25) is 11.8 Å². The topological polar surface area (TPSA) is 58.2 Å². The van der Waals surface area contributed by atoms with Gasteiger partial charge in [0.25, 0.3) is 0 Å². The SMILES string of the molecule is CCCCCCCCCCCC(=O)NCC(C)NC(=O)CCCCCCCCCCC. The molecule has 0 aromatic heterocycles. The molecular weight excluding hydrogens is 384 g/mol. The first-order valence-electron chi connectivity index (χ1n) is 13.7. The molecule has 0 saturated carbocycles. The van der Waals surface area contributed by atoms with Gasteiger partial charge in [-0.15, -0.1) is 0 Å². The van der Waals surface area contributed by atoms with Gasteiger partial charge in [0.1, 0.15) is 0 Å². The minimum absolute atomic E-state index is 0.00173. The first-order chi connectivity index (χ1) is 15.1. The van der Waals surface area contributed by atoms with E-state index in [0.717, 1.165) is 25.7 Å². The van der Waals surface area contributed by atoms with Gasteiger partial charge >= 0.3 is 0 Å². The number of hydrogen-bond acceptors (Lipinski definition) is 2. The normalized spacial score (nSPS) is 12.0. The van der Waals surface area contributed by atoms with Crippen molar-refractivity contribution in [2.24, 2.45) is 0 Å². The van der Waals surface area contributed by atoms with E-state index >= 15 is 0 Å². The first-order valence-corrected chi connectivity index (χ1v) is 13.7. The lowest BCUT2D eigenvalue weighted by atomic mass is 10.1. The molecule has 4 heteroatoms. The second-order valence-corrected chi connectivity index (χ2v) is 9.43. The van der Waals surface area contributed by atoms with Crippen LogP contribution >= 0.6 is 0 Å². The highest BCUT2D eigenvalue weighted by Gasteiger charge is 2.09. The zero-order valence-corrected chi connectivity index (χ0v) is 21.2. The van der Waals surface area contributed by atoms with E-state index in [1.165, 1.54) is 89.9 Å². The lowest BCUT2D eigenvalue weighted by molar-refractivity contribution is -0.123. The molecule has 4 nitrogen and oxygen atoms in total. The molecule has 184 valence electrons. The molecule has 0 bridgehead atoms. The van der Waals surface area contributed by atoms with E-state index < -0.39 is 0 Å². The largest absolute Gasteiger partial charge is 0.354 e. The fourth-order valence-electron chi connectivity index (χ4n) is 3.95. The van der Waals surface area contributed by atoms with E-state index in [0.29, 0.717) is 19.4 Å². The van der Waals surface area contributed by atoms with Crippen molar-refractivity contribution in [1.29, 1.82) is 0 Å². The Hall–Kier alpha value is -1.06. The predicted octanol–water partition coefficient (Wildman–Crippen LogP) is 7.45. The Morgan fingerprint density at radius 1 is 0.548 bits per heavy atom. The number of carbonyl (C=O) groups is 2. The van der Waals surface area contributed by atoms with E-state index in [1.807, 2.05) is 6.92 Å². The van der Waals surface area contributed by atoms with Crippen molar-refractivity contribution >= 4 is 11.8 Å². The summed E-state index contributed by atoms with van der Waals surface area (Å²) in [6.07, 6.45) is 24.0. The molecule has 0 aromatic rings. The molecule has 0 radical (unpaired) electrons. The average molecular weight is 439 g/mol. The maximum Gasteiger partial charge on any atom is 0.220 e. The van der Waals surface area contributed by atoms with Gasteiger partial charge in [0.05, 0.1) is 0 Å². The summed E-state index contributed by atoms with van der Waals surface area (Å²) in [6, 6.07) is -0.00173. The second kappa shape index (κ2) is 23.6. The average Bonchev–Trinajstić information content (AvgIpc) is 2.75. The summed E-state index contributed by atoms with van der Waals surface area (Å²) in [5.41, 5.74) is 0. The smallest absolute Gasteiger partial charge is 0.220 e. The molecule has 0 aliphatic rings. The van der Waals surface area contributed by atoms with Gasteiger partial charge in [-0.05, 0) is 19.8 Å². The molecule has 31 heavy (non-hydrogen) atoms. The number of unbranched alkanes of at least 4 members (excludes halogenated alkanes) is 16. The summed E-state index contributed by atoms with van der Waals surface area (Å²) in [5.74, 6) is 0.228. The molecule has 0 aliphatic carbocycles. The van der Waals surface area contributed by atoms with Crippen molar-refractivity contribution in [2.75, 3.05) is 6.54 Å². The number of hydrogen-bond donors (Lipinski definition) is 2. The third kappa shape index (κ3) is 23.4. The van der Waals surface area contributed by atoms with Crippen LogP contribution in [-0.2, 0) is 9.59 Å². The summed E-state index contributed by atoms with van der Waals surface area (Å²) in [7, 11) is 0. The molecule has 0 saturated heterocycles. The molecule has 2 N–H and O–H groups in total. The van der Waals surface area contributed by atoms with Crippen molar-refractivity contribution in [2.45, 2.75) is 155 Å². The number of rotatable bonds is 23. The third-order valence-electron chi connectivity index (χ3n) is 6.03. The van der Waals surface area contributed by atoms with Crippen LogP contribution in [-0.4, -0.2) is 24.4 Å². The van der Waals surface area contributed by atoms with Gasteiger partial charge in [0.15, 0.2) is 0 Å². The fraction of sp³-hybridized carbons (Fsp3) is 0.926. The van der Waals surface area contributed by atoms with Gasteiger partial charge in [-0.1, -0.05) is 117 Å². The summed E-state index contributed by atoms with van der Waals surface area (Å²) in [6.45, 7) is 6.99. The molecule has 0 rings (SSSR count). The highest BCUT2D eigenvalue weighted by Crippen LogP contribution is 2.11. The van der Waals surface area contributed by atoms with Crippen LogP contribution in [0.25, 0.3) is 0 Å². The Balaban J connectivity index is 3.46. The van der Waals surface area contributed by atoms with Crippen LogP contribution in [0.2, 0.25) is 0 Å². The van der Waals surface area contributed by atoms with E-state index in [4.69, 9.17) is 0 Å². The monoisotopic (exact) mass is 438 g/mol. The molecule has 0 heterocycles. The second-order valence-electron chi connectivity index (χ2n) is 9.43. The molecule has 1 atom stereocenters. The summed E-state index contributed by atoms with van der Waals surface area (Å²) < 4.78 is 0. The van der Waals surface area contributed by atoms with E-state index in [2.05, 4.69) is 24.5 Å². The summed E-state index contributed by atoms with van der Waals surface area (Å²) in [4.78, 5) is 24.0. The minimum Gasteiger partial charge on any atom is -0.354 e. The van der Waals surface area contributed by atoms with Gasteiger partial charge in [-0.3, -0.25) is 9.59 Å². The molecule has 1 unspecified atom stereocenters. The first kappa shape index (κ1) is 29.9. The number of carbonyl (C=O) groups excluding carboxylic acids is 2. The van der Waals surface area contributed by atoms with Crippen molar-refractivity contribution in [3.63, 3.8) is 0 Å². The Bertz CT molecular complexity index is 412. The van der Waals surface area contributed by atoms with Gasteiger partial charge < -0.3 is 10.6 Å². The summed E-state index contributed by atoms with van der Waals surface area (Å²) in [5, 5.41) is 5.98. The van der Waals surface area contributed by atoms with E-state index in [-0.39, 0.29) is 17.9 Å². The van der Waals surface area contributed by atoms with Crippen LogP contribution in [0.3, 0.4) is 0 Å². The maximum atomic E-state index is 12.0. The number of amides is 2. The lowest BCUT2D eigenvalue weighted by Crippen LogP contribution is -2.41. The molecule has 0 fully saturated rings. The maximum absolute atomic E-state index is 12.0. The fourth-order valence-corrected chi connectivity index (χ4v) is 3.95. The molecular formula is C27H54N2O2. The Labute approximate surface area is 194 Å². The van der Waals surface area contributed by atoms with Crippen molar-refractivity contribution in [3.8, 4) is 0 Å². The predicted molar refractivity (Wildman–Crippen MR) is 134 cm³/mol. The van der Waals surface area contributed by atoms with Gasteiger partial charge in [-0.2, -0.15) is 0 Å². The highest BCUT2D eigenvalue weighted by molar-refractivity contribution is 5.77. The molecule has 0 spiro atoms. The Kier molecular flexibility index (Phi) is 22.8. The van der Waals surface area contributed by atoms with Crippen LogP contribution < -0.4 is 10.6 Å². The lowest BCUT2D eigenvalue weighted by Gasteiger charge is -2.15. The van der Waals surface area contributed by atoms with Crippen molar-refractivity contribution in [3.05, 3.63) is 0 Å². The van der Waals surface area contributed by atoms with Crippen LogP contribution in [0.1, 0.15) is 149 Å². The van der Waals surface area contributed by atoms with Crippen molar-refractivity contribution < 1.29 is 9.59 Å². The summed E-state index contributed by atoms with van der Waals surface area (Å²) >= 11 is 0. The van der Waals surface area contributed by atoms with E-state index in [1.54, 1.807) is 0 Å². The van der Waals surface area contributed by atoms with Crippen molar-refractivity contribution in [1.82, 2.24) is 10.6 Å². The van der Waals surface area contributed by atoms with E-state index in [9.17, 15) is 9.59 Å². The Morgan fingerprint density at radius 3 is 1.32 bits per heavy atom. The molecule has 0 aromatic carbocycles. The quantitative estimate of drug-likeness (QED) is 0.163. The zero-order valence-electron chi connectivity index (χ0n) is 21.2. The standard InChI is InChI=1S/C27H54N2O2/c1-4-6-8-10-12-14-16-18-20-22-26(30)28-24-25(3)29-27(31)23-21-19-17-15-13-11-9-7-5-2/h25H,4-24H2,1-3H3,(H,28,30)(H,29,31). The molecule has 0 aliphatic heterocycles. The highest BCUT2D eigenvalue weighted by atomic mass is 16.2. The third-order valence-corrected chi connectivity index (χ3v) is 6.03. The minimum atomic E-state index is -0.00173. The van der Waals surface area contributed by atoms with Crippen LogP contribution in [0, 0.1) is 0 Å². The zero-order chi connectivity index (χ0) is 23.0. The van der Waals surface area contributed by atoms with Gasteiger partial charge in [0, 0.05) is 25.4 Å².